The molecule has 25 heavy (non-hydrogen) atoms. The molecule has 5 heteroatoms. The minimum Gasteiger partial charge on any atom is -0.294 e. The van der Waals surface area contributed by atoms with Crippen LogP contribution in [0.15, 0.2) is 64.4 Å². The number of halogens is 1. The largest absolute Gasteiger partial charge is 0.294 e. The van der Waals surface area contributed by atoms with Gasteiger partial charge in [0.15, 0.2) is 0 Å². The number of H-pyrrole nitrogens is 1. The monoisotopic (exact) mass is 337 g/mol. The fourth-order valence-corrected chi connectivity index (χ4v) is 2.81. The van der Waals surface area contributed by atoms with Gasteiger partial charge in [-0.1, -0.05) is 31.5 Å². The Morgan fingerprint density at radius 1 is 1.12 bits per heavy atom. The summed E-state index contributed by atoms with van der Waals surface area (Å²) < 4.78 is 14.6. The molecule has 0 atom stereocenters. The molecule has 1 N–H and O–H groups in total. The van der Waals surface area contributed by atoms with E-state index >= 15 is 0 Å². The zero-order chi connectivity index (χ0) is 17.8. The summed E-state index contributed by atoms with van der Waals surface area (Å²) in [6.45, 7) is 3.87. The number of aromatic amines is 1. The Bertz CT molecular complexity index is 937. The lowest BCUT2D eigenvalue weighted by molar-refractivity contribution is 0.628. The van der Waals surface area contributed by atoms with Gasteiger partial charge in [0.25, 0.3) is 5.56 Å². The van der Waals surface area contributed by atoms with Gasteiger partial charge in [0.05, 0.1) is 22.6 Å². The second-order valence-electron chi connectivity index (χ2n) is 5.87. The number of aliphatic imine (C=N–C) groups is 1. The smallest absolute Gasteiger partial charge is 0.280 e. The maximum Gasteiger partial charge on any atom is 0.280 e. The van der Waals surface area contributed by atoms with E-state index in [9.17, 15) is 9.18 Å². The molecule has 0 aliphatic heterocycles. The van der Waals surface area contributed by atoms with Crippen molar-refractivity contribution in [1.29, 1.82) is 0 Å². The van der Waals surface area contributed by atoms with E-state index in [0.29, 0.717) is 17.0 Å². The number of aromatic nitrogens is 2. The minimum atomic E-state index is -0.309. The second kappa shape index (κ2) is 7.30. The fourth-order valence-electron chi connectivity index (χ4n) is 2.81. The molecule has 0 radical (unpaired) electrons. The number of benzene rings is 2. The van der Waals surface area contributed by atoms with Crippen LogP contribution < -0.4 is 5.56 Å². The molecule has 0 saturated carbocycles. The first-order chi connectivity index (χ1) is 12.1. The number of rotatable bonds is 5. The van der Waals surface area contributed by atoms with E-state index in [1.807, 2.05) is 37.3 Å². The van der Waals surface area contributed by atoms with Crippen LogP contribution in [0.1, 0.15) is 31.5 Å². The van der Waals surface area contributed by atoms with Crippen molar-refractivity contribution in [3.63, 3.8) is 0 Å². The third kappa shape index (κ3) is 3.60. The van der Waals surface area contributed by atoms with Crippen LogP contribution in [0.4, 0.5) is 10.1 Å². The highest BCUT2D eigenvalue weighted by molar-refractivity contribution is 6.01. The molecule has 0 fully saturated rings. The maximum absolute atomic E-state index is 13.1. The van der Waals surface area contributed by atoms with Gasteiger partial charge >= 0.3 is 0 Å². The average molecular weight is 337 g/mol. The summed E-state index contributed by atoms with van der Waals surface area (Å²) in [5.74, 6) is -0.309. The molecule has 1 heterocycles. The SMILES string of the molecule is CCCc1[nH]n(-c2ccccc2)c(=O)c1C(C)=Nc1ccc(F)cc1. The van der Waals surface area contributed by atoms with E-state index in [1.165, 1.54) is 12.1 Å². The first kappa shape index (κ1) is 16.9. The van der Waals surface area contributed by atoms with E-state index < -0.39 is 0 Å². The normalized spacial score (nSPS) is 11.7. The summed E-state index contributed by atoms with van der Waals surface area (Å²) in [5, 5.41) is 3.21. The molecule has 0 aliphatic rings. The van der Waals surface area contributed by atoms with Crippen molar-refractivity contribution >= 4 is 11.4 Å². The predicted molar refractivity (Wildman–Crippen MR) is 98.7 cm³/mol. The van der Waals surface area contributed by atoms with Crippen LogP contribution in [0.3, 0.4) is 0 Å². The van der Waals surface area contributed by atoms with Gasteiger partial charge in [-0.05, 0) is 49.7 Å². The van der Waals surface area contributed by atoms with E-state index in [-0.39, 0.29) is 11.4 Å². The molecule has 1 aromatic heterocycles. The van der Waals surface area contributed by atoms with Crippen LogP contribution in [0.5, 0.6) is 0 Å². The third-order valence-electron chi connectivity index (χ3n) is 3.97. The number of hydrogen-bond acceptors (Lipinski definition) is 2. The molecule has 128 valence electrons. The van der Waals surface area contributed by atoms with Crippen LogP contribution in [-0.4, -0.2) is 15.5 Å². The molecule has 3 aromatic rings. The minimum absolute atomic E-state index is 0.127. The predicted octanol–water partition coefficient (Wildman–Crippen LogP) is 4.40. The lowest BCUT2D eigenvalue weighted by atomic mass is 10.1. The van der Waals surface area contributed by atoms with Crippen molar-refractivity contribution in [3.05, 3.63) is 82.0 Å². The van der Waals surface area contributed by atoms with E-state index in [4.69, 9.17) is 0 Å². The molecular formula is C20H20FN3O. The van der Waals surface area contributed by atoms with Crippen molar-refractivity contribution in [2.45, 2.75) is 26.7 Å². The molecule has 0 unspecified atom stereocenters. The quantitative estimate of drug-likeness (QED) is 0.689. The van der Waals surface area contributed by atoms with Gasteiger partial charge in [0, 0.05) is 5.69 Å². The van der Waals surface area contributed by atoms with Crippen molar-refractivity contribution in [3.8, 4) is 5.69 Å². The van der Waals surface area contributed by atoms with Gasteiger partial charge in [-0.15, -0.1) is 0 Å². The van der Waals surface area contributed by atoms with Crippen molar-refractivity contribution in [2.75, 3.05) is 0 Å². The van der Waals surface area contributed by atoms with Gasteiger partial charge in [-0.2, -0.15) is 0 Å². The molecule has 0 spiro atoms. The third-order valence-corrected chi connectivity index (χ3v) is 3.97. The summed E-state index contributed by atoms with van der Waals surface area (Å²) in [5.41, 5.74) is 3.33. The van der Waals surface area contributed by atoms with E-state index in [0.717, 1.165) is 24.2 Å². The Labute approximate surface area is 145 Å². The van der Waals surface area contributed by atoms with Crippen molar-refractivity contribution < 1.29 is 4.39 Å². The highest BCUT2D eigenvalue weighted by Gasteiger charge is 2.17. The highest BCUT2D eigenvalue weighted by atomic mass is 19.1. The zero-order valence-corrected chi connectivity index (χ0v) is 14.3. The van der Waals surface area contributed by atoms with Gasteiger partial charge in [-0.3, -0.25) is 14.9 Å². The summed E-state index contributed by atoms with van der Waals surface area (Å²) >= 11 is 0. The first-order valence-electron chi connectivity index (χ1n) is 8.30. The molecule has 0 aliphatic carbocycles. The van der Waals surface area contributed by atoms with E-state index in [1.54, 1.807) is 16.8 Å². The number of nitrogens with zero attached hydrogens (tertiary/aromatic N) is 2. The standard InChI is InChI=1S/C20H20FN3O/c1-3-7-18-19(14(2)22-16-12-10-15(21)11-13-16)20(25)24(23-18)17-8-5-4-6-9-17/h4-6,8-13,23H,3,7H2,1-2H3. The number of nitrogens with one attached hydrogen (secondary N) is 1. The summed E-state index contributed by atoms with van der Waals surface area (Å²) in [6, 6.07) is 15.4. The van der Waals surface area contributed by atoms with Crippen LogP contribution in [0.2, 0.25) is 0 Å². The Morgan fingerprint density at radius 3 is 2.44 bits per heavy atom. The molecule has 3 rings (SSSR count). The fraction of sp³-hybridized carbons (Fsp3) is 0.200. The van der Waals surface area contributed by atoms with Gasteiger partial charge < -0.3 is 0 Å². The van der Waals surface area contributed by atoms with Gasteiger partial charge in [-0.25, -0.2) is 9.07 Å². The first-order valence-corrected chi connectivity index (χ1v) is 8.30. The molecule has 0 amide bonds. The maximum atomic E-state index is 13.1. The molecule has 4 nitrogen and oxygen atoms in total. The van der Waals surface area contributed by atoms with E-state index in [2.05, 4.69) is 17.0 Å². The molecule has 0 bridgehead atoms. The van der Waals surface area contributed by atoms with Crippen LogP contribution in [0, 0.1) is 5.82 Å². The molecular weight excluding hydrogens is 317 g/mol. The van der Waals surface area contributed by atoms with Crippen LogP contribution >= 0.6 is 0 Å². The van der Waals surface area contributed by atoms with Gasteiger partial charge in [0.1, 0.15) is 5.82 Å². The summed E-state index contributed by atoms with van der Waals surface area (Å²) in [6.07, 6.45) is 1.66. The highest BCUT2D eigenvalue weighted by Crippen LogP contribution is 2.16. The molecule has 0 saturated heterocycles. The Balaban J connectivity index is 2.09. The summed E-state index contributed by atoms with van der Waals surface area (Å²) in [4.78, 5) is 17.4. The Kier molecular flexibility index (Phi) is 4.93. The summed E-state index contributed by atoms with van der Waals surface area (Å²) in [7, 11) is 0. The zero-order valence-electron chi connectivity index (χ0n) is 14.3. The van der Waals surface area contributed by atoms with Crippen LogP contribution in [-0.2, 0) is 6.42 Å². The lowest BCUT2D eigenvalue weighted by Gasteiger charge is -2.01. The van der Waals surface area contributed by atoms with Crippen molar-refractivity contribution in [2.24, 2.45) is 4.99 Å². The topological polar surface area (TPSA) is 50.1 Å². The average Bonchev–Trinajstić information content (AvgIpc) is 2.94. The number of aryl methyl sites for hydroxylation is 1. The number of para-hydroxylation sites is 1. The van der Waals surface area contributed by atoms with Crippen LogP contribution in [0.25, 0.3) is 5.69 Å². The van der Waals surface area contributed by atoms with Gasteiger partial charge in [0.2, 0.25) is 0 Å². The number of hydrogen-bond donors (Lipinski definition) is 1. The lowest BCUT2D eigenvalue weighted by Crippen LogP contribution is -2.19. The van der Waals surface area contributed by atoms with Crippen molar-refractivity contribution in [1.82, 2.24) is 9.78 Å². The Morgan fingerprint density at radius 2 is 1.80 bits per heavy atom. The molecule has 2 aromatic carbocycles. The Hall–Kier alpha value is -2.95. The second-order valence-corrected chi connectivity index (χ2v) is 5.87.